The van der Waals surface area contributed by atoms with Crippen LogP contribution in [-0.4, -0.2) is 22.1 Å². The highest BCUT2D eigenvalue weighted by atomic mass is 35.5. The maximum absolute atomic E-state index is 10.7. The van der Waals surface area contributed by atoms with Crippen LogP contribution in [0.25, 0.3) is 0 Å². The molecule has 2 N–H and O–H groups in total. The Morgan fingerprint density at radius 1 is 1.80 bits per heavy atom. The van der Waals surface area contributed by atoms with Gasteiger partial charge in [0.15, 0.2) is 0 Å². The monoisotopic (exact) mass is 224 g/mol. The number of hydrogen-bond acceptors (Lipinski definition) is 3. The van der Waals surface area contributed by atoms with Crippen molar-refractivity contribution in [3.05, 3.63) is 22.8 Å². The molecule has 1 unspecified atom stereocenters. The van der Waals surface area contributed by atoms with Crippen molar-refractivity contribution in [1.82, 2.24) is 4.98 Å². The number of halogens is 1. The van der Waals surface area contributed by atoms with Gasteiger partial charge in [0.25, 0.3) is 0 Å². The fourth-order valence-corrected chi connectivity index (χ4v) is 1.13. The van der Waals surface area contributed by atoms with Crippen LogP contribution in [0.4, 0.5) is 5.82 Å². The largest absolute Gasteiger partial charge is 0.478 e. The Hall–Kier alpha value is -1.73. The van der Waals surface area contributed by atoms with Crippen LogP contribution in [0.2, 0.25) is 5.02 Å². The van der Waals surface area contributed by atoms with Crippen LogP contribution >= 0.6 is 11.6 Å². The number of aromatic carboxylic acids is 1. The Labute approximate surface area is 92.3 Å². The summed E-state index contributed by atoms with van der Waals surface area (Å²) in [4.78, 5) is 14.7. The number of aromatic nitrogens is 1. The zero-order valence-electron chi connectivity index (χ0n) is 7.99. The molecule has 0 aliphatic heterocycles. The summed E-state index contributed by atoms with van der Waals surface area (Å²) in [6.45, 7) is 1.76. The van der Waals surface area contributed by atoms with Crippen molar-refractivity contribution in [2.75, 3.05) is 5.32 Å². The van der Waals surface area contributed by atoms with E-state index < -0.39 is 5.97 Å². The molecule has 78 valence electrons. The summed E-state index contributed by atoms with van der Waals surface area (Å²) in [5.74, 6) is 1.74. The second-order valence-electron chi connectivity index (χ2n) is 2.89. The maximum Gasteiger partial charge on any atom is 0.337 e. The predicted molar refractivity (Wildman–Crippen MR) is 58.1 cm³/mol. The molecule has 4 nitrogen and oxygen atoms in total. The van der Waals surface area contributed by atoms with Crippen molar-refractivity contribution in [3.8, 4) is 12.3 Å². The fraction of sp³-hybridized carbons (Fsp3) is 0.200. The summed E-state index contributed by atoms with van der Waals surface area (Å²) in [5, 5.41) is 11.7. The number of carboxylic acid groups (broad SMARTS) is 1. The van der Waals surface area contributed by atoms with Crippen LogP contribution in [0.15, 0.2) is 12.3 Å². The lowest BCUT2D eigenvalue weighted by molar-refractivity contribution is 0.0697. The Balaban J connectivity index is 2.99. The molecule has 0 aliphatic rings. The summed E-state index contributed by atoms with van der Waals surface area (Å²) in [5.41, 5.74) is -0.00149. The van der Waals surface area contributed by atoms with E-state index in [2.05, 4.69) is 16.2 Å². The van der Waals surface area contributed by atoms with Crippen LogP contribution < -0.4 is 5.32 Å². The van der Waals surface area contributed by atoms with Crippen molar-refractivity contribution in [2.45, 2.75) is 13.0 Å². The second-order valence-corrected chi connectivity index (χ2v) is 3.29. The normalized spacial score (nSPS) is 11.5. The van der Waals surface area contributed by atoms with E-state index in [-0.39, 0.29) is 16.6 Å². The molecule has 0 fully saturated rings. The van der Waals surface area contributed by atoms with E-state index in [0.29, 0.717) is 5.82 Å². The Morgan fingerprint density at radius 2 is 2.47 bits per heavy atom. The van der Waals surface area contributed by atoms with Gasteiger partial charge in [0, 0.05) is 6.20 Å². The van der Waals surface area contributed by atoms with Crippen LogP contribution in [0.5, 0.6) is 0 Å². The molecule has 0 saturated carbocycles. The first-order valence-corrected chi connectivity index (χ1v) is 4.54. The molecular formula is C10H9ClN2O2. The van der Waals surface area contributed by atoms with Gasteiger partial charge in [0.2, 0.25) is 0 Å². The van der Waals surface area contributed by atoms with Gasteiger partial charge in [-0.05, 0) is 13.0 Å². The fourth-order valence-electron chi connectivity index (χ4n) is 0.945. The topological polar surface area (TPSA) is 62.2 Å². The van der Waals surface area contributed by atoms with Gasteiger partial charge in [-0.3, -0.25) is 0 Å². The van der Waals surface area contributed by atoms with Crippen molar-refractivity contribution in [3.63, 3.8) is 0 Å². The Morgan fingerprint density at radius 3 is 3.00 bits per heavy atom. The molecule has 0 radical (unpaired) electrons. The molecule has 0 bridgehead atoms. The minimum absolute atomic E-state index is 0.00149. The number of carbonyl (C=O) groups is 1. The second kappa shape index (κ2) is 4.67. The highest BCUT2D eigenvalue weighted by Crippen LogP contribution is 2.18. The number of nitrogens with zero attached hydrogens (tertiary/aromatic N) is 1. The van der Waals surface area contributed by atoms with Crippen molar-refractivity contribution in [1.29, 1.82) is 0 Å². The van der Waals surface area contributed by atoms with E-state index in [9.17, 15) is 4.79 Å². The third-order valence-corrected chi connectivity index (χ3v) is 2.00. The number of anilines is 1. The summed E-state index contributed by atoms with van der Waals surface area (Å²) < 4.78 is 0. The molecule has 0 aliphatic carbocycles. The van der Waals surface area contributed by atoms with E-state index in [1.165, 1.54) is 12.3 Å². The quantitative estimate of drug-likeness (QED) is 0.770. The molecule has 0 amide bonds. The van der Waals surface area contributed by atoms with Gasteiger partial charge in [-0.15, -0.1) is 6.42 Å². The van der Waals surface area contributed by atoms with Crippen molar-refractivity contribution >= 4 is 23.4 Å². The number of rotatable bonds is 3. The van der Waals surface area contributed by atoms with Gasteiger partial charge in [0.1, 0.15) is 5.82 Å². The Kier molecular flexibility index (Phi) is 3.53. The number of nitrogens with one attached hydrogen (secondary N) is 1. The van der Waals surface area contributed by atoms with Crippen molar-refractivity contribution in [2.24, 2.45) is 0 Å². The molecule has 1 aromatic rings. The highest BCUT2D eigenvalue weighted by Gasteiger charge is 2.10. The lowest BCUT2D eigenvalue weighted by Gasteiger charge is -2.09. The first-order valence-electron chi connectivity index (χ1n) is 4.16. The lowest BCUT2D eigenvalue weighted by atomic mass is 10.2. The maximum atomic E-state index is 10.7. The van der Waals surface area contributed by atoms with Crippen LogP contribution in [0.3, 0.4) is 0 Å². The summed E-state index contributed by atoms with van der Waals surface area (Å²) in [6.07, 6.45) is 6.44. The molecule has 0 spiro atoms. The van der Waals surface area contributed by atoms with E-state index in [1.807, 2.05) is 0 Å². The number of hydrogen-bond donors (Lipinski definition) is 2. The van der Waals surface area contributed by atoms with Crippen LogP contribution in [0.1, 0.15) is 17.3 Å². The van der Waals surface area contributed by atoms with E-state index in [0.717, 1.165) is 0 Å². The molecule has 1 rings (SSSR count). The SMILES string of the molecule is C#CC(C)Nc1cc(C(=O)O)c(Cl)cn1. The van der Waals surface area contributed by atoms with E-state index >= 15 is 0 Å². The Bertz CT molecular complexity index is 426. The van der Waals surface area contributed by atoms with Crippen LogP contribution in [-0.2, 0) is 0 Å². The first-order chi connectivity index (χ1) is 7.04. The molecular weight excluding hydrogens is 216 g/mol. The molecule has 0 saturated heterocycles. The number of terminal acetylenes is 1. The van der Waals surface area contributed by atoms with Gasteiger partial charge < -0.3 is 10.4 Å². The minimum Gasteiger partial charge on any atom is -0.478 e. The van der Waals surface area contributed by atoms with E-state index in [4.69, 9.17) is 23.1 Å². The number of pyridine rings is 1. The first kappa shape index (κ1) is 11.3. The van der Waals surface area contributed by atoms with Crippen LogP contribution in [0, 0.1) is 12.3 Å². The molecule has 1 heterocycles. The smallest absolute Gasteiger partial charge is 0.337 e. The lowest BCUT2D eigenvalue weighted by Crippen LogP contribution is -2.13. The standard InChI is InChI=1S/C10H9ClN2O2/c1-3-6(2)13-9-4-7(10(14)15)8(11)5-12-9/h1,4-6H,2H3,(H,12,13)(H,14,15). The zero-order chi connectivity index (χ0) is 11.4. The molecule has 5 heteroatoms. The molecule has 15 heavy (non-hydrogen) atoms. The predicted octanol–water partition coefficient (Wildman–Crippen LogP) is 1.87. The highest BCUT2D eigenvalue weighted by molar-refractivity contribution is 6.33. The third kappa shape index (κ3) is 2.86. The average Bonchev–Trinajstić information content (AvgIpc) is 2.20. The number of carboxylic acids is 1. The molecule has 0 aromatic carbocycles. The van der Waals surface area contributed by atoms with Gasteiger partial charge in [-0.1, -0.05) is 17.5 Å². The van der Waals surface area contributed by atoms with E-state index in [1.54, 1.807) is 6.92 Å². The molecule has 1 aromatic heterocycles. The minimum atomic E-state index is -1.10. The summed E-state index contributed by atoms with van der Waals surface area (Å²) >= 11 is 5.65. The zero-order valence-corrected chi connectivity index (χ0v) is 8.75. The third-order valence-electron chi connectivity index (χ3n) is 1.70. The van der Waals surface area contributed by atoms with Gasteiger partial charge in [0.05, 0.1) is 16.6 Å². The average molecular weight is 225 g/mol. The molecule has 1 atom stereocenters. The summed E-state index contributed by atoms with van der Waals surface area (Å²) in [7, 11) is 0. The van der Waals surface area contributed by atoms with Gasteiger partial charge in [-0.25, -0.2) is 9.78 Å². The van der Waals surface area contributed by atoms with Gasteiger partial charge >= 0.3 is 5.97 Å². The van der Waals surface area contributed by atoms with Crippen molar-refractivity contribution < 1.29 is 9.90 Å². The van der Waals surface area contributed by atoms with Gasteiger partial charge in [-0.2, -0.15) is 0 Å². The summed E-state index contributed by atoms with van der Waals surface area (Å²) in [6, 6.07) is 1.12.